The molecule has 2 rings (SSSR count). The number of nitrogens with zero attached hydrogens (tertiary/aromatic N) is 3. The lowest BCUT2D eigenvalue weighted by Crippen LogP contribution is -2.04. The van der Waals surface area contributed by atoms with Crippen molar-refractivity contribution in [3.63, 3.8) is 0 Å². The van der Waals surface area contributed by atoms with E-state index in [1.807, 2.05) is 31.3 Å². The van der Waals surface area contributed by atoms with Gasteiger partial charge in [0.05, 0.1) is 5.88 Å². The maximum Gasteiger partial charge on any atom is 0.164 e. The maximum absolute atomic E-state index is 5.63. The van der Waals surface area contributed by atoms with Gasteiger partial charge >= 0.3 is 0 Å². The third-order valence-corrected chi connectivity index (χ3v) is 2.44. The number of ether oxygens (including phenoxy) is 1. The molecule has 0 aliphatic carbocycles. The molecule has 2 aromatic rings. The number of hydrogen-bond acceptors (Lipinski definition) is 3. The van der Waals surface area contributed by atoms with Gasteiger partial charge in [0.1, 0.15) is 18.7 Å². The van der Waals surface area contributed by atoms with Crippen LogP contribution >= 0.6 is 11.6 Å². The van der Waals surface area contributed by atoms with Gasteiger partial charge in [-0.1, -0.05) is 17.9 Å². The summed E-state index contributed by atoms with van der Waals surface area (Å²) in [5.41, 5.74) is 0.881. The molecular formula is C13H12ClN3O. The van der Waals surface area contributed by atoms with Crippen LogP contribution in [-0.4, -0.2) is 20.6 Å². The van der Waals surface area contributed by atoms with Crippen molar-refractivity contribution in [1.82, 2.24) is 14.8 Å². The average Bonchev–Trinajstić information content (AvgIpc) is 2.80. The second-order valence-corrected chi connectivity index (χ2v) is 3.82. The van der Waals surface area contributed by atoms with E-state index in [0.717, 1.165) is 17.1 Å². The van der Waals surface area contributed by atoms with Crippen molar-refractivity contribution in [2.45, 2.75) is 6.61 Å². The first-order valence-electron chi connectivity index (χ1n) is 5.40. The summed E-state index contributed by atoms with van der Waals surface area (Å²) >= 11 is 5.51. The first kappa shape index (κ1) is 12.5. The van der Waals surface area contributed by atoms with Gasteiger partial charge in [0.2, 0.25) is 0 Å². The Morgan fingerprint density at radius 3 is 3.06 bits per heavy atom. The van der Waals surface area contributed by atoms with Gasteiger partial charge in [0.25, 0.3) is 0 Å². The molecular weight excluding hydrogens is 250 g/mol. The fraction of sp³-hybridized carbons (Fsp3) is 0.231. The summed E-state index contributed by atoms with van der Waals surface area (Å²) in [6, 6.07) is 7.55. The molecule has 0 radical (unpaired) electrons. The normalized spacial score (nSPS) is 9.67. The van der Waals surface area contributed by atoms with Gasteiger partial charge in [-0.2, -0.15) is 5.10 Å². The van der Waals surface area contributed by atoms with Crippen molar-refractivity contribution in [3.8, 4) is 17.6 Å². The van der Waals surface area contributed by atoms with E-state index >= 15 is 0 Å². The van der Waals surface area contributed by atoms with E-state index in [1.54, 1.807) is 4.68 Å². The highest BCUT2D eigenvalue weighted by atomic mass is 35.5. The number of halogens is 1. The molecule has 0 spiro atoms. The lowest BCUT2D eigenvalue weighted by atomic mass is 10.2. The minimum atomic E-state index is 0.323. The summed E-state index contributed by atoms with van der Waals surface area (Å²) in [7, 11) is 1.83. The van der Waals surface area contributed by atoms with Crippen LogP contribution in [0.15, 0.2) is 30.6 Å². The van der Waals surface area contributed by atoms with Gasteiger partial charge < -0.3 is 4.74 Å². The Hall–Kier alpha value is -1.99. The zero-order valence-corrected chi connectivity index (χ0v) is 10.7. The Morgan fingerprint density at radius 2 is 2.33 bits per heavy atom. The molecule has 92 valence electrons. The van der Waals surface area contributed by atoms with Crippen molar-refractivity contribution in [2.24, 2.45) is 7.05 Å². The fourth-order valence-corrected chi connectivity index (χ4v) is 1.46. The maximum atomic E-state index is 5.63. The van der Waals surface area contributed by atoms with Crippen LogP contribution in [0, 0.1) is 11.8 Å². The van der Waals surface area contributed by atoms with E-state index < -0.39 is 0 Å². The molecule has 1 aromatic heterocycles. The zero-order chi connectivity index (χ0) is 12.8. The first-order chi connectivity index (χ1) is 8.79. The summed E-state index contributed by atoms with van der Waals surface area (Å²) in [4.78, 5) is 4.08. The molecule has 0 saturated heterocycles. The van der Waals surface area contributed by atoms with E-state index in [1.165, 1.54) is 6.33 Å². The second kappa shape index (κ2) is 6.08. The standard InChI is InChI=1S/C13H12ClN3O/c1-17-13(15-10-16-17)9-18-12-6-2-4-11(8-12)5-3-7-14/h2,4,6,8,10H,7,9H2,1H3. The number of aromatic nitrogens is 3. The Kier molecular flexibility index (Phi) is 4.21. The van der Waals surface area contributed by atoms with Crippen molar-refractivity contribution >= 4 is 11.6 Å². The van der Waals surface area contributed by atoms with Gasteiger partial charge in [-0.15, -0.1) is 11.6 Å². The van der Waals surface area contributed by atoms with Crippen LogP contribution in [-0.2, 0) is 13.7 Å². The summed E-state index contributed by atoms with van der Waals surface area (Å²) in [5.74, 6) is 7.59. The molecule has 0 fully saturated rings. The van der Waals surface area contributed by atoms with E-state index in [9.17, 15) is 0 Å². The Bertz CT molecular complexity index is 583. The van der Waals surface area contributed by atoms with Gasteiger partial charge in [0.15, 0.2) is 5.82 Å². The summed E-state index contributed by atoms with van der Waals surface area (Å²) in [5, 5.41) is 3.98. The number of alkyl halides is 1. The van der Waals surface area contributed by atoms with Crippen LogP contribution < -0.4 is 4.74 Å². The van der Waals surface area contributed by atoms with Gasteiger partial charge in [-0.25, -0.2) is 4.98 Å². The molecule has 18 heavy (non-hydrogen) atoms. The quantitative estimate of drug-likeness (QED) is 0.627. The summed E-state index contributed by atoms with van der Waals surface area (Å²) in [6.07, 6.45) is 1.50. The monoisotopic (exact) mass is 261 g/mol. The van der Waals surface area contributed by atoms with Crippen LogP contribution in [0.3, 0.4) is 0 Å². The smallest absolute Gasteiger partial charge is 0.164 e. The summed E-state index contributed by atoms with van der Waals surface area (Å²) in [6.45, 7) is 0.378. The molecule has 0 aliphatic rings. The van der Waals surface area contributed by atoms with Crippen molar-refractivity contribution < 1.29 is 4.74 Å². The van der Waals surface area contributed by atoms with Gasteiger partial charge in [-0.3, -0.25) is 4.68 Å². The van der Waals surface area contributed by atoms with Crippen LogP contribution in [0.25, 0.3) is 0 Å². The number of hydrogen-bond donors (Lipinski definition) is 0. The van der Waals surface area contributed by atoms with Crippen LogP contribution in [0.2, 0.25) is 0 Å². The van der Waals surface area contributed by atoms with Crippen molar-refractivity contribution in [3.05, 3.63) is 42.0 Å². The van der Waals surface area contributed by atoms with Gasteiger partial charge in [0, 0.05) is 12.6 Å². The van der Waals surface area contributed by atoms with E-state index in [4.69, 9.17) is 16.3 Å². The van der Waals surface area contributed by atoms with E-state index in [0.29, 0.717) is 12.5 Å². The molecule has 0 atom stereocenters. The molecule has 0 bridgehead atoms. The highest BCUT2D eigenvalue weighted by Crippen LogP contribution is 2.13. The third kappa shape index (κ3) is 3.25. The first-order valence-corrected chi connectivity index (χ1v) is 5.93. The molecule has 0 aliphatic heterocycles. The van der Waals surface area contributed by atoms with Crippen LogP contribution in [0.1, 0.15) is 11.4 Å². The van der Waals surface area contributed by atoms with E-state index in [2.05, 4.69) is 21.9 Å². The van der Waals surface area contributed by atoms with Gasteiger partial charge in [-0.05, 0) is 18.2 Å². The third-order valence-electron chi connectivity index (χ3n) is 2.31. The lowest BCUT2D eigenvalue weighted by Gasteiger charge is -2.05. The predicted octanol–water partition coefficient (Wildman–Crippen LogP) is 1.98. The Balaban J connectivity index is 2.03. The molecule has 0 N–H and O–H groups in total. The van der Waals surface area contributed by atoms with E-state index in [-0.39, 0.29) is 0 Å². The molecule has 1 aromatic carbocycles. The van der Waals surface area contributed by atoms with Crippen LogP contribution in [0.4, 0.5) is 0 Å². The number of aryl methyl sites for hydroxylation is 1. The minimum Gasteiger partial charge on any atom is -0.486 e. The Morgan fingerprint density at radius 1 is 1.44 bits per heavy atom. The van der Waals surface area contributed by atoms with Crippen LogP contribution in [0.5, 0.6) is 5.75 Å². The number of benzene rings is 1. The largest absolute Gasteiger partial charge is 0.486 e. The fourth-order valence-electron chi connectivity index (χ4n) is 1.40. The topological polar surface area (TPSA) is 39.9 Å². The molecule has 0 unspecified atom stereocenters. The lowest BCUT2D eigenvalue weighted by molar-refractivity contribution is 0.289. The van der Waals surface area contributed by atoms with Crippen molar-refractivity contribution in [2.75, 3.05) is 5.88 Å². The molecule has 5 heteroatoms. The second-order valence-electron chi connectivity index (χ2n) is 3.55. The number of rotatable bonds is 3. The predicted molar refractivity (Wildman–Crippen MR) is 69.4 cm³/mol. The summed E-state index contributed by atoms with van der Waals surface area (Å²) < 4.78 is 7.31. The molecule has 0 amide bonds. The SMILES string of the molecule is Cn1ncnc1COc1cccc(C#CCCl)c1. The molecule has 1 heterocycles. The average molecular weight is 262 g/mol. The highest BCUT2D eigenvalue weighted by Gasteiger charge is 2.01. The zero-order valence-electron chi connectivity index (χ0n) is 9.93. The highest BCUT2D eigenvalue weighted by molar-refractivity contribution is 6.19. The molecule has 0 saturated carbocycles. The van der Waals surface area contributed by atoms with Crippen molar-refractivity contribution in [1.29, 1.82) is 0 Å². The molecule has 4 nitrogen and oxygen atoms in total. The Labute approximate surface area is 111 Å². The minimum absolute atomic E-state index is 0.323.